The molecule has 1 amide bonds. The predicted octanol–water partition coefficient (Wildman–Crippen LogP) is 4.38. The number of alkyl halides is 3. The van der Waals surface area contributed by atoms with E-state index >= 15 is 0 Å². The van der Waals surface area contributed by atoms with Crippen molar-refractivity contribution in [2.45, 2.75) is 11.9 Å². The van der Waals surface area contributed by atoms with E-state index in [9.17, 15) is 22.2 Å². The van der Waals surface area contributed by atoms with E-state index in [-0.39, 0.29) is 18.9 Å². The van der Waals surface area contributed by atoms with Crippen LogP contribution in [-0.4, -0.2) is 27.2 Å². The lowest BCUT2D eigenvalue weighted by molar-refractivity contribution is -0.0394. The number of thiazole rings is 1. The molecular formula is C19H16F3N3O2S2. The number of anilines is 1. The first-order chi connectivity index (χ1) is 13.8. The predicted molar refractivity (Wildman–Crippen MR) is 108 cm³/mol. The SMILES string of the molecule is O=C(Nc1ccc(-c2cnc(CCNS(=O)C(F)(F)F)s2)cc1)c1ccccc1. The maximum absolute atomic E-state index is 12.2. The summed E-state index contributed by atoms with van der Waals surface area (Å²) < 4.78 is 49.5. The highest BCUT2D eigenvalue weighted by Crippen LogP contribution is 2.27. The molecule has 2 aromatic carbocycles. The summed E-state index contributed by atoms with van der Waals surface area (Å²) in [6.45, 7) is -0.0937. The number of carbonyl (C=O) groups is 1. The topological polar surface area (TPSA) is 71.1 Å². The molecule has 0 saturated carbocycles. The molecule has 0 aliphatic carbocycles. The number of carbonyl (C=O) groups excluding carboxylic acids is 1. The molecule has 10 heteroatoms. The molecule has 3 rings (SSSR count). The minimum atomic E-state index is -4.77. The van der Waals surface area contributed by atoms with Gasteiger partial charge < -0.3 is 5.32 Å². The molecule has 0 fully saturated rings. The average molecular weight is 439 g/mol. The molecule has 0 spiro atoms. The van der Waals surface area contributed by atoms with Gasteiger partial charge in [-0.25, -0.2) is 13.9 Å². The molecule has 1 atom stereocenters. The van der Waals surface area contributed by atoms with Crippen molar-refractivity contribution in [1.82, 2.24) is 9.71 Å². The molecule has 1 aromatic heterocycles. The van der Waals surface area contributed by atoms with E-state index < -0.39 is 16.5 Å². The Morgan fingerprint density at radius 1 is 1.07 bits per heavy atom. The van der Waals surface area contributed by atoms with Crippen LogP contribution in [0.5, 0.6) is 0 Å². The van der Waals surface area contributed by atoms with Crippen LogP contribution in [0.15, 0.2) is 60.8 Å². The summed E-state index contributed by atoms with van der Waals surface area (Å²) in [5, 5.41) is 3.45. The Bertz CT molecular complexity index is 990. The minimum Gasteiger partial charge on any atom is -0.322 e. The average Bonchev–Trinajstić information content (AvgIpc) is 3.17. The molecule has 0 aliphatic rings. The Morgan fingerprint density at radius 3 is 2.41 bits per heavy atom. The Hall–Kier alpha value is -2.56. The third kappa shape index (κ3) is 5.96. The van der Waals surface area contributed by atoms with Crippen molar-refractivity contribution in [3.05, 3.63) is 71.4 Å². The van der Waals surface area contributed by atoms with E-state index in [0.29, 0.717) is 16.3 Å². The highest BCUT2D eigenvalue weighted by Gasteiger charge is 2.36. The second-order valence-corrected chi connectivity index (χ2v) is 8.28. The molecule has 0 aliphatic heterocycles. The standard InChI is InChI=1S/C19H16F3N3O2S2/c20-19(21,22)29(27)24-11-10-17-23-12-16(28-17)13-6-8-15(9-7-13)25-18(26)14-4-2-1-3-5-14/h1-9,12,24H,10-11H2,(H,25,26). The van der Waals surface area contributed by atoms with Crippen LogP contribution in [0.25, 0.3) is 10.4 Å². The van der Waals surface area contributed by atoms with Gasteiger partial charge in [-0.05, 0) is 29.8 Å². The summed E-state index contributed by atoms with van der Waals surface area (Å²) in [5.74, 6) is -0.206. The second kappa shape index (κ2) is 9.29. The molecule has 1 heterocycles. The number of nitrogens with zero attached hydrogens (tertiary/aromatic N) is 1. The van der Waals surface area contributed by atoms with E-state index in [2.05, 4.69) is 10.3 Å². The van der Waals surface area contributed by atoms with Crippen molar-refractivity contribution >= 4 is 33.9 Å². The van der Waals surface area contributed by atoms with Crippen LogP contribution in [0.4, 0.5) is 18.9 Å². The van der Waals surface area contributed by atoms with E-state index in [0.717, 1.165) is 10.4 Å². The Morgan fingerprint density at radius 2 is 1.76 bits per heavy atom. The number of nitrogens with one attached hydrogen (secondary N) is 2. The zero-order chi connectivity index (χ0) is 20.9. The van der Waals surface area contributed by atoms with Gasteiger partial charge in [0.1, 0.15) is 0 Å². The molecule has 0 saturated heterocycles. The van der Waals surface area contributed by atoms with Gasteiger partial charge in [0.15, 0.2) is 11.0 Å². The van der Waals surface area contributed by atoms with Gasteiger partial charge in [0, 0.05) is 30.4 Å². The van der Waals surface area contributed by atoms with E-state index in [4.69, 9.17) is 0 Å². The fourth-order valence-electron chi connectivity index (χ4n) is 2.40. The van der Waals surface area contributed by atoms with Crippen molar-refractivity contribution in [1.29, 1.82) is 0 Å². The van der Waals surface area contributed by atoms with Crippen molar-refractivity contribution in [3.63, 3.8) is 0 Å². The van der Waals surface area contributed by atoms with Crippen LogP contribution in [0, 0.1) is 0 Å². The minimum absolute atomic E-state index is 0.0937. The Kier molecular flexibility index (Phi) is 6.78. The van der Waals surface area contributed by atoms with Crippen LogP contribution < -0.4 is 10.0 Å². The Labute approximate surface area is 171 Å². The zero-order valence-electron chi connectivity index (χ0n) is 14.9. The van der Waals surface area contributed by atoms with Crippen molar-refractivity contribution in [2.75, 3.05) is 11.9 Å². The molecule has 0 radical (unpaired) electrons. The normalized spacial score (nSPS) is 12.5. The summed E-state index contributed by atoms with van der Waals surface area (Å²) in [6, 6.07) is 16.0. The molecule has 1 unspecified atom stereocenters. The highest BCUT2D eigenvalue weighted by atomic mass is 32.2. The Balaban J connectivity index is 1.56. The van der Waals surface area contributed by atoms with Gasteiger partial charge in [0.2, 0.25) is 0 Å². The molecule has 3 aromatic rings. The van der Waals surface area contributed by atoms with E-state index in [1.807, 2.05) is 22.9 Å². The molecule has 2 N–H and O–H groups in total. The largest absolute Gasteiger partial charge is 0.485 e. The number of amides is 1. The molecule has 152 valence electrons. The summed E-state index contributed by atoms with van der Waals surface area (Å²) in [6.07, 6.45) is 1.87. The first-order valence-corrected chi connectivity index (χ1v) is 10.4. The van der Waals surface area contributed by atoms with Crippen molar-refractivity contribution in [2.24, 2.45) is 0 Å². The van der Waals surface area contributed by atoms with Crippen LogP contribution in [0.1, 0.15) is 15.4 Å². The number of benzene rings is 2. The number of hydrogen-bond acceptors (Lipinski definition) is 4. The zero-order valence-corrected chi connectivity index (χ0v) is 16.5. The van der Waals surface area contributed by atoms with Crippen LogP contribution >= 0.6 is 11.3 Å². The first kappa shape index (κ1) is 21.2. The fraction of sp³-hybridized carbons (Fsp3) is 0.158. The summed E-state index contributed by atoms with van der Waals surface area (Å²) >= 11 is 1.34. The van der Waals surface area contributed by atoms with Gasteiger partial charge in [-0.3, -0.25) is 4.79 Å². The molecular weight excluding hydrogens is 423 g/mol. The smallest absolute Gasteiger partial charge is 0.322 e. The quantitative estimate of drug-likeness (QED) is 0.574. The summed E-state index contributed by atoms with van der Waals surface area (Å²) in [4.78, 5) is 17.2. The van der Waals surface area contributed by atoms with Gasteiger partial charge in [-0.2, -0.15) is 13.2 Å². The molecule has 0 bridgehead atoms. The maximum Gasteiger partial charge on any atom is 0.485 e. The van der Waals surface area contributed by atoms with Crippen LogP contribution in [-0.2, 0) is 17.4 Å². The third-order valence-corrected chi connectivity index (χ3v) is 5.79. The van der Waals surface area contributed by atoms with Gasteiger partial charge in [-0.1, -0.05) is 30.3 Å². The second-order valence-electron chi connectivity index (χ2n) is 5.87. The van der Waals surface area contributed by atoms with Gasteiger partial charge >= 0.3 is 5.51 Å². The maximum atomic E-state index is 12.2. The summed E-state index contributed by atoms with van der Waals surface area (Å²) in [7, 11) is -3.07. The van der Waals surface area contributed by atoms with Gasteiger partial charge in [-0.15, -0.1) is 11.3 Å². The summed E-state index contributed by atoms with van der Waals surface area (Å²) in [5.41, 5.74) is -2.70. The van der Waals surface area contributed by atoms with Crippen molar-refractivity contribution < 1.29 is 22.2 Å². The fourth-order valence-corrected chi connectivity index (χ4v) is 3.78. The lowest BCUT2D eigenvalue weighted by Crippen LogP contribution is -2.31. The van der Waals surface area contributed by atoms with E-state index in [1.54, 1.807) is 42.6 Å². The van der Waals surface area contributed by atoms with Gasteiger partial charge in [0.25, 0.3) is 5.91 Å². The number of aromatic nitrogens is 1. The number of rotatable bonds is 7. The van der Waals surface area contributed by atoms with E-state index in [1.165, 1.54) is 11.3 Å². The highest BCUT2D eigenvalue weighted by molar-refractivity contribution is 7.83. The lowest BCUT2D eigenvalue weighted by atomic mass is 10.1. The van der Waals surface area contributed by atoms with Gasteiger partial charge in [0.05, 0.1) is 9.88 Å². The number of halogens is 3. The van der Waals surface area contributed by atoms with Crippen LogP contribution in [0.2, 0.25) is 0 Å². The molecule has 29 heavy (non-hydrogen) atoms. The third-order valence-electron chi connectivity index (χ3n) is 3.80. The van der Waals surface area contributed by atoms with Crippen molar-refractivity contribution in [3.8, 4) is 10.4 Å². The van der Waals surface area contributed by atoms with Crippen LogP contribution in [0.3, 0.4) is 0 Å². The first-order valence-electron chi connectivity index (χ1n) is 8.46. The lowest BCUT2D eigenvalue weighted by Gasteiger charge is -2.06. The monoisotopic (exact) mass is 439 g/mol. The molecule has 5 nitrogen and oxygen atoms in total. The number of hydrogen-bond donors (Lipinski definition) is 2.